The number of hydrogen-bond acceptors (Lipinski definition) is 5. The summed E-state index contributed by atoms with van der Waals surface area (Å²) in [5.41, 5.74) is 6.03. The second-order valence-corrected chi connectivity index (χ2v) is 9.64. The van der Waals surface area contributed by atoms with Gasteiger partial charge in [0.05, 0.1) is 10.5 Å². The van der Waals surface area contributed by atoms with Crippen molar-refractivity contribution in [1.29, 1.82) is 0 Å². The number of imide groups is 1. The van der Waals surface area contributed by atoms with E-state index in [4.69, 9.17) is 5.11 Å². The number of aryl methyl sites for hydroxylation is 3. The highest BCUT2D eigenvalue weighted by Gasteiger charge is 2.36. The van der Waals surface area contributed by atoms with Crippen molar-refractivity contribution in [3.63, 3.8) is 0 Å². The number of carbonyl (C=O) groups excluding carboxylic acids is 3. The lowest BCUT2D eigenvalue weighted by molar-refractivity contribution is -0.127. The number of anilines is 1. The number of aromatic nitrogens is 1. The molecule has 8 nitrogen and oxygen atoms in total. The molecule has 3 aromatic rings. The molecule has 1 fully saturated rings. The lowest BCUT2D eigenvalue weighted by atomic mass is 10.1. The lowest BCUT2D eigenvalue weighted by Gasteiger charge is -2.14. The van der Waals surface area contributed by atoms with E-state index in [9.17, 15) is 19.2 Å². The van der Waals surface area contributed by atoms with Gasteiger partial charge in [0.2, 0.25) is 5.91 Å². The van der Waals surface area contributed by atoms with Gasteiger partial charge in [-0.15, -0.1) is 0 Å². The SMILES string of the molecule is Cc1ccc(NC(=O)CN2C(=O)S/C(=C/c3cc(C)n(-c4ccc(C(=O)O)cc4)c3C)C2=O)c(C)c1. The Hall–Kier alpha value is -4.11. The zero-order chi connectivity index (χ0) is 26.1. The fourth-order valence-electron chi connectivity index (χ4n) is 4.15. The van der Waals surface area contributed by atoms with E-state index in [0.717, 1.165) is 50.4 Å². The zero-order valence-corrected chi connectivity index (χ0v) is 21.1. The average Bonchev–Trinajstić information content (AvgIpc) is 3.24. The molecule has 0 radical (unpaired) electrons. The van der Waals surface area contributed by atoms with Crippen molar-refractivity contribution in [3.05, 3.63) is 87.1 Å². The lowest BCUT2D eigenvalue weighted by Crippen LogP contribution is -2.36. The predicted octanol–water partition coefficient (Wildman–Crippen LogP) is 5.08. The molecular formula is C27H25N3O5S. The van der Waals surface area contributed by atoms with E-state index in [2.05, 4.69) is 5.32 Å². The normalized spacial score (nSPS) is 14.6. The van der Waals surface area contributed by atoms with E-state index in [-0.39, 0.29) is 17.0 Å². The summed E-state index contributed by atoms with van der Waals surface area (Å²) in [7, 11) is 0. The largest absolute Gasteiger partial charge is 0.478 e. The first kappa shape index (κ1) is 25.0. The van der Waals surface area contributed by atoms with Crippen molar-refractivity contribution in [2.45, 2.75) is 27.7 Å². The number of nitrogens with one attached hydrogen (secondary N) is 1. The second kappa shape index (κ2) is 9.87. The molecule has 1 aliphatic rings. The standard InChI is InChI=1S/C27H25N3O5S/c1-15-5-10-22(16(2)11-15)28-24(31)14-29-25(32)23(36-27(29)35)13-20-12-17(3)30(18(20)4)21-8-6-19(7-9-21)26(33)34/h5-13H,14H2,1-4H3,(H,28,31)(H,33,34)/b23-13+. The minimum atomic E-state index is -0.999. The van der Waals surface area contributed by atoms with Gasteiger partial charge in [0.25, 0.3) is 11.1 Å². The van der Waals surface area contributed by atoms with E-state index in [1.54, 1.807) is 24.3 Å². The molecule has 0 unspecified atom stereocenters. The minimum Gasteiger partial charge on any atom is -0.478 e. The van der Waals surface area contributed by atoms with E-state index in [0.29, 0.717) is 5.69 Å². The van der Waals surface area contributed by atoms with Crippen LogP contribution in [0.25, 0.3) is 11.8 Å². The number of thioether (sulfide) groups is 1. The number of carboxylic acids is 1. The summed E-state index contributed by atoms with van der Waals surface area (Å²) in [6, 6.07) is 14.0. The zero-order valence-electron chi connectivity index (χ0n) is 20.3. The average molecular weight is 504 g/mol. The van der Waals surface area contributed by atoms with Gasteiger partial charge in [0, 0.05) is 22.8 Å². The van der Waals surface area contributed by atoms with Gasteiger partial charge >= 0.3 is 5.97 Å². The van der Waals surface area contributed by atoms with Crippen LogP contribution in [0.3, 0.4) is 0 Å². The highest BCUT2D eigenvalue weighted by molar-refractivity contribution is 8.18. The van der Waals surface area contributed by atoms with Crippen molar-refractivity contribution < 1.29 is 24.3 Å². The molecule has 36 heavy (non-hydrogen) atoms. The molecule has 3 amide bonds. The Morgan fingerprint density at radius 1 is 1.00 bits per heavy atom. The quantitative estimate of drug-likeness (QED) is 0.454. The summed E-state index contributed by atoms with van der Waals surface area (Å²) in [5, 5.41) is 11.4. The van der Waals surface area contributed by atoms with E-state index >= 15 is 0 Å². The fourth-order valence-corrected chi connectivity index (χ4v) is 4.98. The number of hydrogen-bond donors (Lipinski definition) is 2. The molecule has 2 aromatic carbocycles. The van der Waals surface area contributed by atoms with E-state index in [1.807, 2.05) is 50.5 Å². The Morgan fingerprint density at radius 3 is 2.33 bits per heavy atom. The molecule has 0 atom stereocenters. The van der Waals surface area contributed by atoms with Gasteiger partial charge in [0.1, 0.15) is 6.54 Å². The maximum absolute atomic E-state index is 13.0. The highest BCUT2D eigenvalue weighted by atomic mass is 32.2. The molecule has 0 saturated carbocycles. The van der Waals surface area contributed by atoms with Gasteiger partial charge in [-0.1, -0.05) is 17.7 Å². The maximum atomic E-state index is 13.0. The number of carbonyl (C=O) groups is 4. The highest BCUT2D eigenvalue weighted by Crippen LogP contribution is 2.34. The number of carboxylic acid groups (broad SMARTS) is 1. The summed E-state index contributed by atoms with van der Waals surface area (Å²) >= 11 is 0.799. The summed E-state index contributed by atoms with van der Waals surface area (Å²) < 4.78 is 1.94. The van der Waals surface area contributed by atoms with Crippen molar-refractivity contribution in [1.82, 2.24) is 9.47 Å². The van der Waals surface area contributed by atoms with Gasteiger partial charge in [-0.2, -0.15) is 0 Å². The molecule has 2 N–H and O–H groups in total. The van der Waals surface area contributed by atoms with Crippen LogP contribution in [0.4, 0.5) is 10.5 Å². The van der Waals surface area contributed by atoms with Crippen LogP contribution in [0.5, 0.6) is 0 Å². The maximum Gasteiger partial charge on any atom is 0.335 e. The van der Waals surface area contributed by atoms with Crippen LogP contribution < -0.4 is 5.32 Å². The third kappa shape index (κ3) is 4.96. The smallest absolute Gasteiger partial charge is 0.335 e. The monoisotopic (exact) mass is 503 g/mol. The number of rotatable bonds is 6. The van der Waals surface area contributed by atoms with E-state index < -0.39 is 23.0 Å². The van der Waals surface area contributed by atoms with Crippen LogP contribution in [0.2, 0.25) is 0 Å². The molecule has 1 saturated heterocycles. The van der Waals surface area contributed by atoms with E-state index in [1.165, 1.54) is 12.1 Å². The summed E-state index contributed by atoms with van der Waals surface area (Å²) in [6.07, 6.45) is 1.65. The summed E-state index contributed by atoms with van der Waals surface area (Å²) in [4.78, 5) is 50.4. The van der Waals surface area contributed by atoms with Crippen LogP contribution in [-0.4, -0.2) is 44.1 Å². The minimum absolute atomic E-state index is 0.191. The molecular weight excluding hydrogens is 478 g/mol. The molecule has 4 rings (SSSR count). The van der Waals surface area contributed by atoms with Gasteiger partial charge < -0.3 is 15.0 Å². The molecule has 1 aliphatic heterocycles. The van der Waals surface area contributed by atoms with Crippen LogP contribution >= 0.6 is 11.8 Å². The second-order valence-electron chi connectivity index (χ2n) is 8.65. The Balaban J connectivity index is 1.52. The first-order valence-corrected chi connectivity index (χ1v) is 12.0. The molecule has 1 aromatic heterocycles. The van der Waals surface area contributed by atoms with Gasteiger partial charge in [0.15, 0.2) is 0 Å². The van der Waals surface area contributed by atoms with Gasteiger partial charge in [-0.05, 0) is 93.1 Å². The third-order valence-corrected chi connectivity index (χ3v) is 6.87. The van der Waals surface area contributed by atoms with Crippen LogP contribution in [-0.2, 0) is 9.59 Å². The number of amides is 3. The Bertz CT molecular complexity index is 1440. The first-order chi connectivity index (χ1) is 17.0. The fraction of sp³-hybridized carbons (Fsp3) is 0.185. The molecule has 0 spiro atoms. The van der Waals surface area contributed by atoms with Gasteiger partial charge in [-0.3, -0.25) is 19.3 Å². The molecule has 2 heterocycles. The molecule has 0 bridgehead atoms. The third-order valence-electron chi connectivity index (χ3n) is 5.96. The topological polar surface area (TPSA) is 109 Å². The van der Waals surface area contributed by atoms with Crippen LogP contribution in [0.1, 0.15) is 38.4 Å². The number of nitrogens with zero attached hydrogens (tertiary/aromatic N) is 2. The number of benzene rings is 2. The van der Waals surface area contributed by atoms with Crippen LogP contribution in [0, 0.1) is 27.7 Å². The first-order valence-electron chi connectivity index (χ1n) is 11.2. The predicted molar refractivity (Wildman–Crippen MR) is 139 cm³/mol. The Kier molecular flexibility index (Phi) is 6.85. The molecule has 0 aliphatic carbocycles. The summed E-state index contributed by atoms with van der Waals surface area (Å²) in [6.45, 7) is 7.24. The molecule has 9 heteroatoms. The van der Waals surface area contributed by atoms with Crippen LogP contribution in [0.15, 0.2) is 53.4 Å². The van der Waals surface area contributed by atoms with Crippen molar-refractivity contribution in [3.8, 4) is 5.69 Å². The number of aromatic carboxylic acids is 1. The molecule has 184 valence electrons. The van der Waals surface area contributed by atoms with Crippen molar-refractivity contribution in [2.75, 3.05) is 11.9 Å². The van der Waals surface area contributed by atoms with Crippen molar-refractivity contribution in [2.24, 2.45) is 0 Å². The van der Waals surface area contributed by atoms with Gasteiger partial charge in [-0.25, -0.2) is 4.79 Å². The summed E-state index contributed by atoms with van der Waals surface area (Å²) in [5.74, 6) is -1.97. The Labute approximate surface area is 212 Å². The van der Waals surface area contributed by atoms with Crippen molar-refractivity contribution >= 4 is 46.5 Å². The Morgan fingerprint density at radius 2 is 1.69 bits per heavy atom.